The van der Waals surface area contributed by atoms with E-state index in [2.05, 4.69) is 10.6 Å². The molecule has 1 saturated carbocycles. The van der Waals surface area contributed by atoms with Crippen molar-refractivity contribution in [2.75, 3.05) is 6.54 Å². The fourth-order valence-corrected chi connectivity index (χ4v) is 5.88. The Hall–Kier alpha value is -3.72. The van der Waals surface area contributed by atoms with Gasteiger partial charge in [0.05, 0.1) is 18.4 Å². The first-order chi connectivity index (χ1) is 17.3. The zero-order valence-corrected chi connectivity index (χ0v) is 20.8. The number of rotatable bonds is 9. The summed E-state index contributed by atoms with van der Waals surface area (Å²) in [6, 6.07) is 15.1. The van der Waals surface area contributed by atoms with Crippen LogP contribution in [0, 0.1) is 11.3 Å². The fraction of sp³-hybridized carbons (Fsp3) is 0.333. The topological polar surface area (TPSA) is 151 Å². The molecule has 0 saturated heterocycles. The van der Waals surface area contributed by atoms with E-state index in [-0.39, 0.29) is 30.2 Å². The fourth-order valence-electron chi connectivity index (χ4n) is 4.89. The highest BCUT2D eigenvalue weighted by Crippen LogP contribution is 2.35. The second kappa shape index (κ2) is 11.3. The van der Waals surface area contributed by atoms with E-state index in [4.69, 9.17) is 16.9 Å². The number of nitrogen functional groups attached to an aromatic ring is 1. The van der Waals surface area contributed by atoms with Gasteiger partial charge in [0.25, 0.3) is 0 Å². The first kappa shape index (κ1) is 25.4. The summed E-state index contributed by atoms with van der Waals surface area (Å²) in [5.74, 6) is -1.93. The SMILES string of the molecule is N=C(N)c1ccc2scc(C(Cc3ccccc3)C(=O)NC3CCCC[C@H]3C(=O)NCC(N)=O)c2c1. The highest BCUT2D eigenvalue weighted by atomic mass is 32.1. The number of carbonyl (C=O) groups excluding carboxylic acids is 3. The summed E-state index contributed by atoms with van der Waals surface area (Å²) in [5, 5.41) is 16.5. The third kappa shape index (κ3) is 5.91. The maximum Gasteiger partial charge on any atom is 0.236 e. The Bertz CT molecular complexity index is 1270. The Labute approximate surface area is 213 Å². The van der Waals surface area contributed by atoms with Gasteiger partial charge in [0.2, 0.25) is 17.7 Å². The van der Waals surface area contributed by atoms with Crippen molar-refractivity contribution in [2.45, 2.75) is 44.1 Å². The molecule has 8 nitrogen and oxygen atoms in total. The molecule has 3 atom stereocenters. The van der Waals surface area contributed by atoms with E-state index in [1.54, 1.807) is 11.3 Å². The van der Waals surface area contributed by atoms with Gasteiger partial charge < -0.3 is 22.1 Å². The summed E-state index contributed by atoms with van der Waals surface area (Å²) >= 11 is 1.55. The van der Waals surface area contributed by atoms with Crippen molar-refractivity contribution >= 4 is 45.0 Å². The summed E-state index contributed by atoms with van der Waals surface area (Å²) in [6.45, 7) is -0.216. The van der Waals surface area contributed by atoms with Gasteiger partial charge in [-0.15, -0.1) is 11.3 Å². The lowest BCUT2D eigenvalue weighted by atomic mass is 9.82. The van der Waals surface area contributed by atoms with E-state index in [9.17, 15) is 14.4 Å². The van der Waals surface area contributed by atoms with Crippen LogP contribution < -0.4 is 22.1 Å². The number of carbonyl (C=O) groups is 3. The molecule has 2 unspecified atom stereocenters. The van der Waals surface area contributed by atoms with E-state index < -0.39 is 17.7 Å². The standard InChI is InChI=1S/C27H31N5O3S/c28-24(33)14-31-26(34)18-8-4-5-9-22(18)32-27(35)20(12-16-6-2-1-3-7-16)21-15-36-23-11-10-17(25(29)30)13-19(21)23/h1-3,6-7,10-11,13,15,18,20,22H,4-5,8-9,12,14H2,(H2,28,33)(H3,29,30)(H,31,34)(H,32,35)/t18-,20?,22?/m1/s1. The van der Waals surface area contributed by atoms with E-state index in [0.717, 1.165) is 34.1 Å². The predicted octanol–water partition coefficient (Wildman–Crippen LogP) is 2.79. The molecule has 7 N–H and O–H groups in total. The van der Waals surface area contributed by atoms with E-state index in [1.807, 2.05) is 53.9 Å². The Kier molecular flexibility index (Phi) is 8.00. The van der Waals surface area contributed by atoms with Crippen molar-refractivity contribution < 1.29 is 14.4 Å². The van der Waals surface area contributed by atoms with Gasteiger partial charge in [0.1, 0.15) is 5.84 Å². The van der Waals surface area contributed by atoms with Crippen LogP contribution in [0.2, 0.25) is 0 Å². The molecular weight excluding hydrogens is 474 g/mol. The van der Waals surface area contributed by atoms with Crippen LogP contribution in [0.15, 0.2) is 53.9 Å². The minimum atomic E-state index is -0.600. The summed E-state index contributed by atoms with van der Waals surface area (Å²) in [4.78, 5) is 37.7. The van der Waals surface area contributed by atoms with Crippen LogP contribution in [-0.2, 0) is 20.8 Å². The van der Waals surface area contributed by atoms with E-state index in [1.165, 1.54) is 0 Å². The molecule has 0 spiro atoms. The number of nitrogens with one attached hydrogen (secondary N) is 3. The number of benzene rings is 2. The number of fused-ring (bicyclic) bond motifs is 1. The summed E-state index contributed by atoms with van der Waals surface area (Å²) < 4.78 is 1.02. The number of amides is 3. The van der Waals surface area contributed by atoms with Crippen molar-refractivity contribution in [3.63, 3.8) is 0 Å². The number of primary amides is 1. The first-order valence-electron chi connectivity index (χ1n) is 12.1. The number of hydrogen-bond acceptors (Lipinski definition) is 5. The molecule has 3 aromatic rings. The molecule has 36 heavy (non-hydrogen) atoms. The number of amidine groups is 1. The lowest BCUT2D eigenvalue weighted by Gasteiger charge is -2.32. The molecule has 9 heteroatoms. The Morgan fingerprint density at radius 2 is 1.81 bits per heavy atom. The molecule has 188 valence electrons. The smallest absolute Gasteiger partial charge is 0.236 e. The molecule has 2 aromatic carbocycles. The molecule has 1 aliphatic carbocycles. The molecule has 1 heterocycles. The first-order valence-corrected chi connectivity index (χ1v) is 13.0. The number of hydrogen-bond donors (Lipinski definition) is 5. The Balaban J connectivity index is 1.63. The van der Waals surface area contributed by atoms with Gasteiger partial charge in [0.15, 0.2) is 0 Å². The molecule has 0 radical (unpaired) electrons. The molecule has 1 aromatic heterocycles. The maximum absolute atomic E-state index is 13.8. The van der Waals surface area contributed by atoms with Crippen LogP contribution in [0.5, 0.6) is 0 Å². The van der Waals surface area contributed by atoms with Crippen LogP contribution in [0.1, 0.15) is 48.3 Å². The number of nitrogens with two attached hydrogens (primary N) is 2. The summed E-state index contributed by atoms with van der Waals surface area (Å²) in [6.07, 6.45) is 3.63. The van der Waals surface area contributed by atoms with Gasteiger partial charge in [-0.25, -0.2) is 0 Å². The molecule has 0 bridgehead atoms. The van der Waals surface area contributed by atoms with Crippen LogP contribution >= 0.6 is 11.3 Å². The van der Waals surface area contributed by atoms with Crippen molar-refractivity contribution in [1.29, 1.82) is 5.41 Å². The van der Waals surface area contributed by atoms with Crippen LogP contribution in [-0.4, -0.2) is 36.1 Å². The second-order valence-electron chi connectivity index (χ2n) is 9.25. The molecule has 1 aliphatic rings. The Morgan fingerprint density at radius 1 is 1.06 bits per heavy atom. The van der Waals surface area contributed by atoms with Crippen LogP contribution in [0.25, 0.3) is 10.1 Å². The molecular formula is C27H31N5O3S. The second-order valence-corrected chi connectivity index (χ2v) is 10.2. The largest absolute Gasteiger partial charge is 0.384 e. The molecule has 1 fully saturated rings. The summed E-state index contributed by atoms with van der Waals surface area (Å²) in [7, 11) is 0. The van der Waals surface area contributed by atoms with Crippen molar-refractivity contribution in [2.24, 2.45) is 17.4 Å². The predicted molar refractivity (Wildman–Crippen MR) is 142 cm³/mol. The normalized spacial score (nSPS) is 18.3. The zero-order valence-electron chi connectivity index (χ0n) is 20.0. The minimum absolute atomic E-state index is 0.0230. The highest BCUT2D eigenvalue weighted by molar-refractivity contribution is 7.17. The minimum Gasteiger partial charge on any atom is -0.384 e. The van der Waals surface area contributed by atoms with Crippen molar-refractivity contribution in [3.8, 4) is 0 Å². The average Bonchev–Trinajstić information content (AvgIpc) is 3.29. The lowest BCUT2D eigenvalue weighted by molar-refractivity contribution is -0.130. The van der Waals surface area contributed by atoms with E-state index >= 15 is 0 Å². The third-order valence-electron chi connectivity index (χ3n) is 6.76. The van der Waals surface area contributed by atoms with Gasteiger partial charge in [-0.3, -0.25) is 19.8 Å². The van der Waals surface area contributed by atoms with Crippen molar-refractivity contribution in [3.05, 3.63) is 70.6 Å². The van der Waals surface area contributed by atoms with Gasteiger partial charge in [-0.2, -0.15) is 0 Å². The average molecular weight is 506 g/mol. The quantitative estimate of drug-likeness (QED) is 0.224. The highest BCUT2D eigenvalue weighted by Gasteiger charge is 2.34. The van der Waals surface area contributed by atoms with Gasteiger partial charge in [-0.1, -0.05) is 43.2 Å². The van der Waals surface area contributed by atoms with Crippen LogP contribution in [0.4, 0.5) is 0 Å². The lowest BCUT2D eigenvalue weighted by Crippen LogP contribution is -2.50. The zero-order chi connectivity index (χ0) is 25.7. The van der Waals surface area contributed by atoms with Crippen LogP contribution in [0.3, 0.4) is 0 Å². The maximum atomic E-state index is 13.8. The van der Waals surface area contributed by atoms with E-state index in [0.29, 0.717) is 24.8 Å². The molecule has 4 rings (SSSR count). The third-order valence-corrected chi connectivity index (χ3v) is 7.74. The monoisotopic (exact) mass is 505 g/mol. The number of thiophene rings is 1. The van der Waals surface area contributed by atoms with Gasteiger partial charge in [0, 0.05) is 16.3 Å². The Morgan fingerprint density at radius 3 is 2.53 bits per heavy atom. The summed E-state index contributed by atoms with van der Waals surface area (Å²) in [5.41, 5.74) is 13.4. The van der Waals surface area contributed by atoms with Gasteiger partial charge in [-0.05, 0) is 59.4 Å². The molecule has 3 amide bonds. The van der Waals surface area contributed by atoms with Crippen molar-refractivity contribution in [1.82, 2.24) is 10.6 Å². The molecule has 0 aliphatic heterocycles. The van der Waals surface area contributed by atoms with Gasteiger partial charge >= 0.3 is 0 Å².